The van der Waals surface area contributed by atoms with Crippen LogP contribution in [0.2, 0.25) is 0 Å². The Labute approximate surface area is 218 Å². The summed E-state index contributed by atoms with van der Waals surface area (Å²) in [5.74, 6) is 1.77. The number of carbonyl (C=O) groups is 3. The van der Waals surface area contributed by atoms with E-state index in [1.54, 1.807) is 19.2 Å². The first kappa shape index (κ1) is 27.0. The van der Waals surface area contributed by atoms with E-state index in [1.807, 2.05) is 27.7 Å². The third kappa shape index (κ3) is 6.10. The van der Waals surface area contributed by atoms with Gasteiger partial charge in [-0.15, -0.1) is 0 Å². The van der Waals surface area contributed by atoms with Gasteiger partial charge in [-0.25, -0.2) is 9.48 Å². The molecule has 0 radical (unpaired) electrons. The second-order valence-electron chi connectivity index (χ2n) is 12.1. The number of ether oxygens (including phenoxy) is 2. The summed E-state index contributed by atoms with van der Waals surface area (Å²) < 4.78 is 12.3. The highest BCUT2D eigenvalue weighted by Crippen LogP contribution is 2.55. The van der Waals surface area contributed by atoms with Crippen molar-refractivity contribution in [1.82, 2.24) is 25.7 Å². The van der Waals surface area contributed by atoms with E-state index >= 15 is 0 Å². The average molecular weight is 516 g/mol. The van der Waals surface area contributed by atoms with E-state index in [2.05, 4.69) is 21.0 Å². The zero-order chi connectivity index (χ0) is 27.0. The Balaban J connectivity index is 1.51. The Kier molecular flexibility index (Phi) is 7.57. The fourth-order valence-corrected chi connectivity index (χ4v) is 6.63. The Morgan fingerprint density at radius 1 is 1.22 bits per heavy atom. The molecule has 204 valence electrons. The van der Waals surface area contributed by atoms with Gasteiger partial charge in [-0.2, -0.15) is 5.10 Å². The van der Waals surface area contributed by atoms with Crippen molar-refractivity contribution in [2.45, 2.75) is 83.8 Å². The van der Waals surface area contributed by atoms with E-state index in [9.17, 15) is 14.4 Å². The van der Waals surface area contributed by atoms with Crippen LogP contribution >= 0.6 is 0 Å². The minimum absolute atomic E-state index is 0.0277. The highest BCUT2D eigenvalue weighted by molar-refractivity contribution is 5.96. The van der Waals surface area contributed by atoms with Gasteiger partial charge in [0.05, 0.1) is 25.5 Å². The minimum atomic E-state index is -0.707. The summed E-state index contributed by atoms with van der Waals surface area (Å²) >= 11 is 0. The molecule has 1 aromatic rings. The molecule has 3 N–H and O–H groups in total. The summed E-state index contributed by atoms with van der Waals surface area (Å²) in [5.41, 5.74) is -0.439. The number of carbonyl (C=O) groups excluding carboxylic acids is 3. The standard InChI is InChI=1S/C27H41N5O5/c1-16(2)15-37-24-21(14-28-32(24)8-7-26(4,5)31-25(35)36-6)23(34)29-22-19-9-18-10-20(22)13-27(11-18,12-19)30-17(3)33/h7-8,14,16,18-20,22H,9-13,15H2,1-6H3,(H,29,34)(H,30,33)(H,31,35)/b8-7+/t18?,19?,20?,22-,27-. The molecular formula is C27H41N5O5. The maximum absolute atomic E-state index is 13.5. The number of hydrogen-bond donors (Lipinski definition) is 3. The van der Waals surface area contributed by atoms with Crippen LogP contribution in [0.1, 0.15) is 77.1 Å². The monoisotopic (exact) mass is 515 g/mol. The van der Waals surface area contributed by atoms with E-state index in [4.69, 9.17) is 9.47 Å². The number of methoxy groups -OCH3 is 1. The van der Waals surface area contributed by atoms with Gasteiger partial charge in [0.25, 0.3) is 5.91 Å². The third-order valence-corrected chi connectivity index (χ3v) is 7.80. The zero-order valence-electron chi connectivity index (χ0n) is 22.8. The summed E-state index contributed by atoms with van der Waals surface area (Å²) in [4.78, 5) is 37.1. The number of amides is 3. The van der Waals surface area contributed by atoms with Gasteiger partial charge < -0.3 is 25.4 Å². The summed E-state index contributed by atoms with van der Waals surface area (Å²) in [7, 11) is 1.31. The van der Waals surface area contributed by atoms with Crippen LogP contribution in [0.3, 0.4) is 0 Å². The SMILES string of the molecule is COC(=O)NC(C)(C)/C=C/n1ncc(C(=O)N[C@H]2C3CC4CC2C[C@](NC(C)=O)(C4)C3)c1OCC(C)C. The second-order valence-corrected chi connectivity index (χ2v) is 12.1. The van der Waals surface area contributed by atoms with Crippen molar-refractivity contribution in [3.63, 3.8) is 0 Å². The Bertz CT molecular complexity index is 1050. The van der Waals surface area contributed by atoms with Crippen molar-refractivity contribution >= 4 is 24.1 Å². The average Bonchev–Trinajstić information content (AvgIpc) is 3.20. The molecule has 2 atom stereocenters. The number of rotatable bonds is 9. The number of aromatic nitrogens is 2. The van der Waals surface area contributed by atoms with Gasteiger partial charge in [0, 0.05) is 24.7 Å². The molecule has 0 aromatic carbocycles. The lowest BCUT2D eigenvalue weighted by Gasteiger charge is -2.60. The van der Waals surface area contributed by atoms with E-state index in [0.717, 1.165) is 32.1 Å². The van der Waals surface area contributed by atoms with Crippen molar-refractivity contribution in [3.05, 3.63) is 17.8 Å². The van der Waals surface area contributed by atoms with Crippen molar-refractivity contribution in [2.24, 2.45) is 23.7 Å². The van der Waals surface area contributed by atoms with Crippen LogP contribution in [0, 0.1) is 23.7 Å². The van der Waals surface area contributed by atoms with Gasteiger partial charge in [0.1, 0.15) is 5.56 Å². The van der Waals surface area contributed by atoms with Gasteiger partial charge in [0.2, 0.25) is 11.8 Å². The first-order chi connectivity index (χ1) is 17.4. The Morgan fingerprint density at radius 3 is 2.49 bits per heavy atom. The van der Waals surface area contributed by atoms with Gasteiger partial charge in [-0.1, -0.05) is 13.8 Å². The van der Waals surface area contributed by atoms with E-state index < -0.39 is 11.6 Å². The summed E-state index contributed by atoms with van der Waals surface area (Å²) in [6, 6.07) is 0.0750. The number of hydrogen-bond acceptors (Lipinski definition) is 6. The third-order valence-electron chi connectivity index (χ3n) is 7.80. The van der Waals surface area contributed by atoms with Crippen LogP contribution in [-0.4, -0.2) is 58.5 Å². The molecule has 3 amide bonds. The molecule has 0 saturated heterocycles. The Morgan fingerprint density at radius 2 is 1.89 bits per heavy atom. The molecule has 1 heterocycles. The van der Waals surface area contributed by atoms with Crippen molar-refractivity contribution < 1.29 is 23.9 Å². The molecule has 4 bridgehead atoms. The molecule has 4 saturated carbocycles. The predicted molar refractivity (Wildman–Crippen MR) is 139 cm³/mol. The normalized spacial score (nSPS) is 28.4. The van der Waals surface area contributed by atoms with Crippen LogP contribution in [0.25, 0.3) is 6.20 Å². The number of nitrogens with one attached hydrogen (secondary N) is 3. The highest BCUT2D eigenvalue weighted by Gasteiger charge is 2.56. The van der Waals surface area contributed by atoms with Gasteiger partial charge in [-0.05, 0) is 75.7 Å². The maximum Gasteiger partial charge on any atom is 0.407 e. The molecule has 2 unspecified atom stereocenters. The van der Waals surface area contributed by atoms with Crippen LogP contribution in [0.15, 0.2) is 12.3 Å². The smallest absolute Gasteiger partial charge is 0.407 e. The topological polar surface area (TPSA) is 124 Å². The van der Waals surface area contributed by atoms with Gasteiger partial charge in [0.15, 0.2) is 0 Å². The summed E-state index contributed by atoms with van der Waals surface area (Å²) in [6.07, 6.45) is 9.48. The van der Waals surface area contributed by atoms with Crippen LogP contribution in [0.4, 0.5) is 4.79 Å². The first-order valence-electron chi connectivity index (χ1n) is 13.3. The molecule has 5 rings (SSSR count). The van der Waals surface area contributed by atoms with Gasteiger partial charge in [-0.3, -0.25) is 9.59 Å². The fourth-order valence-electron chi connectivity index (χ4n) is 6.63. The van der Waals surface area contributed by atoms with Crippen LogP contribution < -0.4 is 20.7 Å². The van der Waals surface area contributed by atoms with Crippen LogP contribution in [0.5, 0.6) is 5.88 Å². The zero-order valence-corrected chi connectivity index (χ0v) is 22.8. The molecular weight excluding hydrogens is 474 g/mol. The van der Waals surface area contributed by atoms with Crippen molar-refractivity contribution in [1.29, 1.82) is 0 Å². The van der Waals surface area contributed by atoms with Gasteiger partial charge >= 0.3 is 6.09 Å². The minimum Gasteiger partial charge on any atom is -0.477 e. The highest BCUT2D eigenvalue weighted by atomic mass is 16.5. The predicted octanol–water partition coefficient (Wildman–Crippen LogP) is 3.34. The second kappa shape index (κ2) is 10.4. The summed E-state index contributed by atoms with van der Waals surface area (Å²) in [6.45, 7) is 9.76. The molecule has 10 heteroatoms. The lowest BCUT2D eigenvalue weighted by molar-refractivity contribution is -0.125. The number of nitrogens with zero attached hydrogens (tertiary/aromatic N) is 2. The molecule has 0 spiro atoms. The molecule has 1 aromatic heterocycles. The lowest BCUT2D eigenvalue weighted by atomic mass is 9.51. The van der Waals surface area contributed by atoms with E-state index in [0.29, 0.717) is 35.8 Å². The lowest BCUT2D eigenvalue weighted by Crippen LogP contribution is -2.66. The van der Waals surface area contributed by atoms with E-state index in [-0.39, 0.29) is 29.3 Å². The van der Waals surface area contributed by atoms with Crippen molar-refractivity contribution in [3.8, 4) is 5.88 Å². The van der Waals surface area contributed by atoms with E-state index in [1.165, 1.54) is 18.0 Å². The molecule has 4 fully saturated rings. The molecule has 10 nitrogen and oxygen atoms in total. The largest absolute Gasteiger partial charge is 0.477 e. The molecule has 37 heavy (non-hydrogen) atoms. The Hall–Kier alpha value is -3.04. The quantitative estimate of drug-likeness (QED) is 0.464. The number of alkyl carbamates (subject to hydrolysis) is 1. The van der Waals surface area contributed by atoms with Crippen LogP contribution in [-0.2, 0) is 9.53 Å². The first-order valence-corrected chi connectivity index (χ1v) is 13.3. The molecule has 4 aliphatic rings. The fraction of sp³-hybridized carbons (Fsp3) is 0.704. The maximum atomic E-state index is 13.5. The van der Waals surface area contributed by atoms with Crippen molar-refractivity contribution in [2.75, 3.05) is 13.7 Å². The molecule has 0 aliphatic heterocycles. The molecule has 4 aliphatic carbocycles. The summed E-state index contributed by atoms with van der Waals surface area (Å²) in [5, 5.41) is 13.7.